The lowest BCUT2D eigenvalue weighted by Gasteiger charge is -2.25. The Balaban J connectivity index is 2.08. The summed E-state index contributed by atoms with van der Waals surface area (Å²) in [5, 5.41) is 11.1. The first-order chi connectivity index (χ1) is 15.0. The smallest absolute Gasteiger partial charge is 0.295 e. The largest absolute Gasteiger partial charge is 0.507 e. The number of carbonyl (C=O) groups is 2. The van der Waals surface area contributed by atoms with Crippen LogP contribution in [-0.2, 0) is 9.59 Å². The molecule has 0 aliphatic carbocycles. The standard InChI is InChI=1S/C25H29NO5/c1-4-14-26-22(17-10-12-19(13-11-17)30-6-3)21(24(28)25(26)29)23(27)18-8-7-9-20(16-18)31-15-5-2/h7-13,16,22,27H,4-6,14-15H2,1-3H3/b23-21-. The minimum Gasteiger partial charge on any atom is -0.507 e. The number of nitrogens with zero attached hydrogens (tertiary/aromatic N) is 1. The summed E-state index contributed by atoms with van der Waals surface area (Å²) in [6.07, 6.45) is 1.55. The molecule has 6 nitrogen and oxygen atoms in total. The van der Waals surface area contributed by atoms with E-state index in [0.29, 0.717) is 43.2 Å². The van der Waals surface area contributed by atoms with Crippen molar-refractivity contribution in [1.29, 1.82) is 0 Å². The van der Waals surface area contributed by atoms with E-state index >= 15 is 0 Å². The van der Waals surface area contributed by atoms with Crippen LogP contribution in [0.25, 0.3) is 5.76 Å². The summed E-state index contributed by atoms with van der Waals surface area (Å²) in [5.74, 6) is -0.158. The molecule has 2 aromatic carbocycles. The molecule has 1 N–H and O–H groups in total. The molecule has 1 amide bonds. The van der Waals surface area contributed by atoms with E-state index in [-0.39, 0.29) is 11.3 Å². The van der Waals surface area contributed by atoms with Gasteiger partial charge in [0.05, 0.1) is 24.8 Å². The number of carbonyl (C=O) groups excluding carboxylic acids is 2. The SMILES string of the molecule is CCCOc1cccc(/C(O)=C2/C(=O)C(=O)N(CCC)C2c2ccc(OCC)cc2)c1. The highest BCUT2D eigenvalue weighted by atomic mass is 16.5. The molecule has 0 bridgehead atoms. The highest BCUT2D eigenvalue weighted by Gasteiger charge is 2.45. The second-order valence-electron chi connectivity index (χ2n) is 7.37. The summed E-state index contributed by atoms with van der Waals surface area (Å²) >= 11 is 0. The molecular weight excluding hydrogens is 394 g/mol. The zero-order valence-electron chi connectivity index (χ0n) is 18.3. The van der Waals surface area contributed by atoms with Gasteiger partial charge in [0.1, 0.15) is 17.3 Å². The zero-order chi connectivity index (χ0) is 22.4. The lowest BCUT2D eigenvalue weighted by atomic mass is 9.95. The number of hydrogen-bond acceptors (Lipinski definition) is 5. The van der Waals surface area contributed by atoms with Gasteiger partial charge in [0.25, 0.3) is 11.7 Å². The molecule has 1 aliphatic rings. The molecule has 0 spiro atoms. The zero-order valence-corrected chi connectivity index (χ0v) is 18.3. The Hall–Kier alpha value is -3.28. The third-order valence-electron chi connectivity index (χ3n) is 5.09. The number of benzene rings is 2. The van der Waals surface area contributed by atoms with Gasteiger partial charge in [0.2, 0.25) is 0 Å². The van der Waals surface area contributed by atoms with E-state index in [1.165, 1.54) is 4.90 Å². The molecule has 1 aliphatic heterocycles. The molecule has 1 saturated heterocycles. The van der Waals surface area contributed by atoms with E-state index in [0.717, 1.165) is 12.0 Å². The van der Waals surface area contributed by atoms with E-state index in [2.05, 4.69) is 0 Å². The Bertz CT molecular complexity index is 964. The molecule has 1 unspecified atom stereocenters. The second kappa shape index (κ2) is 10.2. The fraction of sp³-hybridized carbons (Fsp3) is 0.360. The summed E-state index contributed by atoms with van der Waals surface area (Å²) < 4.78 is 11.2. The van der Waals surface area contributed by atoms with Gasteiger partial charge < -0.3 is 19.5 Å². The van der Waals surface area contributed by atoms with Gasteiger partial charge in [-0.25, -0.2) is 0 Å². The minimum absolute atomic E-state index is 0.0928. The molecule has 31 heavy (non-hydrogen) atoms. The fourth-order valence-electron chi connectivity index (χ4n) is 3.72. The van der Waals surface area contributed by atoms with E-state index in [9.17, 15) is 14.7 Å². The number of Topliss-reactive ketones (excluding diaryl/α,β-unsaturated/α-hetero) is 1. The first-order valence-electron chi connectivity index (χ1n) is 10.8. The highest BCUT2D eigenvalue weighted by molar-refractivity contribution is 6.46. The number of hydrogen-bond donors (Lipinski definition) is 1. The van der Waals surface area contributed by atoms with Crippen LogP contribution in [0, 0.1) is 0 Å². The topological polar surface area (TPSA) is 76.1 Å². The second-order valence-corrected chi connectivity index (χ2v) is 7.37. The number of aliphatic hydroxyl groups excluding tert-OH is 1. The van der Waals surface area contributed by atoms with Gasteiger partial charge in [-0.1, -0.05) is 38.1 Å². The van der Waals surface area contributed by atoms with Crippen LogP contribution in [0.3, 0.4) is 0 Å². The maximum absolute atomic E-state index is 13.0. The number of likely N-dealkylation sites (tertiary alicyclic amines) is 1. The molecule has 2 aromatic rings. The number of ketones is 1. The van der Waals surface area contributed by atoms with Gasteiger partial charge in [-0.3, -0.25) is 9.59 Å². The van der Waals surface area contributed by atoms with Gasteiger partial charge >= 0.3 is 0 Å². The van der Waals surface area contributed by atoms with Crippen molar-refractivity contribution in [3.63, 3.8) is 0 Å². The molecule has 1 atom stereocenters. The highest BCUT2D eigenvalue weighted by Crippen LogP contribution is 2.40. The van der Waals surface area contributed by atoms with Gasteiger partial charge in [-0.05, 0) is 49.6 Å². The van der Waals surface area contributed by atoms with Crippen LogP contribution in [0.15, 0.2) is 54.1 Å². The maximum atomic E-state index is 13.0. The number of ether oxygens (including phenoxy) is 2. The van der Waals surface area contributed by atoms with Crippen LogP contribution in [0.1, 0.15) is 50.8 Å². The van der Waals surface area contributed by atoms with Crippen molar-refractivity contribution in [1.82, 2.24) is 4.90 Å². The van der Waals surface area contributed by atoms with Crippen molar-refractivity contribution in [3.05, 3.63) is 65.2 Å². The lowest BCUT2D eigenvalue weighted by molar-refractivity contribution is -0.139. The van der Waals surface area contributed by atoms with E-state index in [4.69, 9.17) is 9.47 Å². The van der Waals surface area contributed by atoms with Crippen LogP contribution in [0.4, 0.5) is 0 Å². The predicted molar refractivity (Wildman–Crippen MR) is 119 cm³/mol. The third-order valence-corrected chi connectivity index (χ3v) is 5.09. The molecule has 0 saturated carbocycles. The van der Waals surface area contributed by atoms with Crippen molar-refractivity contribution >= 4 is 17.4 Å². The van der Waals surface area contributed by atoms with Crippen molar-refractivity contribution < 1.29 is 24.2 Å². The molecule has 164 valence electrons. The molecular formula is C25H29NO5. The Morgan fingerprint density at radius 1 is 0.968 bits per heavy atom. The van der Waals surface area contributed by atoms with Crippen LogP contribution in [0.5, 0.6) is 11.5 Å². The number of rotatable bonds is 9. The van der Waals surface area contributed by atoms with Crippen molar-refractivity contribution in [2.45, 2.75) is 39.7 Å². The first kappa shape index (κ1) is 22.4. The van der Waals surface area contributed by atoms with Crippen LogP contribution < -0.4 is 9.47 Å². The molecule has 3 rings (SSSR count). The van der Waals surface area contributed by atoms with E-state index < -0.39 is 17.7 Å². The van der Waals surface area contributed by atoms with Gasteiger partial charge in [-0.2, -0.15) is 0 Å². The summed E-state index contributed by atoms with van der Waals surface area (Å²) in [5.41, 5.74) is 1.28. The average molecular weight is 424 g/mol. The normalized spacial score (nSPS) is 17.8. The lowest BCUT2D eigenvalue weighted by Crippen LogP contribution is -2.30. The van der Waals surface area contributed by atoms with Crippen molar-refractivity contribution in [3.8, 4) is 11.5 Å². The number of aliphatic hydroxyl groups is 1. The Kier molecular flexibility index (Phi) is 7.34. The molecule has 6 heteroatoms. The van der Waals surface area contributed by atoms with Crippen LogP contribution >= 0.6 is 0 Å². The number of amides is 1. The third kappa shape index (κ3) is 4.74. The van der Waals surface area contributed by atoms with Gasteiger partial charge in [0.15, 0.2) is 0 Å². The van der Waals surface area contributed by atoms with Crippen LogP contribution in [-0.4, -0.2) is 41.5 Å². The maximum Gasteiger partial charge on any atom is 0.295 e. The predicted octanol–water partition coefficient (Wildman–Crippen LogP) is 4.71. The monoisotopic (exact) mass is 423 g/mol. The van der Waals surface area contributed by atoms with Crippen molar-refractivity contribution in [2.24, 2.45) is 0 Å². The Morgan fingerprint density at radius 3 is 2.35 bits per heavy atom. The fourth-order valence-corrected chi connectivity index (χ4v) is 3.72. The quantitative estimate of drug-likeness (QED) is 0.359. The van der Waals surface area contributed by atoms with Gasteiger partial charge in [-0.15, -0.1) is 0 Å². The molecule has 0 aromatic heterocycles. The molecule has 1 fully saturated rings. The Labute approximate surface area is 183 Å². The summed E-state index contributed by atoms with van der Waals surface area (Å²) in [4.78, 5) is 27.3. The summed E-state index contributed by atoms with van der Waals surface area (Å²) in [6.45, 7) is 7.38. The summed E-state index contributed by atoms with van der Waals surface area (Å²) in [6, 6.07) is 13.6. The Morgan fingerprint density at radius 2 is 1.71 bits per heavy atom. The molecule has 0 radical (unpaired) electrons. The average Bonchev–Trinajstić information content (AvgIpc) is 3.03. The van der Waals surface area contributed by atoms with Crippen molar-refractivity contribution in [2.75, 3.05) is 19.8 Å². The molecule has 1 heterocycles. The van der Waals surface area contributed by atoms with Crippen LogP contribution in [0.2, 0.25) is 0 Å². The van der Waals surface area contributed by atoms with E-state index in [1.54, 1.807) is 24.3 Å². The first-order valence-corrected chi connectivity index (χ1v) is 10.8. The van der Waals surface area contributed by atoms with E-state index in [1.807, 2.05) is 45.0 Å². The summed E-state index contributed by atoms with van der Waals surface area (Å²) in [7, 11) is 0. The minimum atomic E-state index is -0.676. The van der Waals surface area contributed by atoms with Gasteiger partial charge in [0, 0.05) is 12.1 Å².